The highest BCUT2D eigenvalue weighted by molar-refractivity contribution is 6.17. The van der Waals surface area contributed by atoms with Gasteiger partial charge in [0.1, 0.15) is 11.2 Å². The first-order chi connectivity index (χ1) is 27.8. The van der Waals surface area contributed by atoms with Gasteiger partial charge in [-0.2, -0.15) is 0 Å². The number of hydrogen-bond acceptors (Lipinski definition) is 3. The molecule has 0 radical (unpaired) electrons. The molecule has 0 aliphatic carbocycles. The Bertz CT molecular complexity index is 3160. The molecule has 3 aromatic heterocycles. The van der Waals surface area contributed by atoms with E-state index in [1.807, 2.05) is 24.3 Å². The third kappa shape index (κ3) is 5.31. The molecule has 262 valence electrons. The molecule has 0 unspecified atom stereocenters. The Hall–Kier alpha value is -7.56. The van der Waals surface area contributed by atoms with E-state index in [0.717, 1.165) is 94.2 Å². The van der Waals surface area contributed by atoms with E-state index in [1.165, 1.54) is 5.56 Å². The van der Waals surface area contributed by atoms with Crippen molar-refractivity contribution in [1.82, 2.24) is 14.5 Å². The Morgan fingerprint density at radius 3 is 1.75 bits per heavy atom. The molecule has 0 N–H and O–H groups in total. The van der Waals surface area contributed by atoms with Gasteiger partial charge in [-0.05, 0) is 59.2 Å². The van der Waals surface area contributed by atoms with E-state index >= 15 is 0 Å². The van der Waals surface area contributed by atoms with Crippen LogP contribution in [-0.4, -0.2) is 14.5 Å². The molecule has 4 heteroatoms. The van der Waals surface area contributed by atoms with Crippen LogP contribution in [0.5, 0.6) is 0 Å². The van der Waals surface area contributed by atoms with Crippen LogP contribution in [0.25, 0.3) is 106 Å². The molecule has 0 aliphatic heterocycles. The van der Waals surface area contributed by atoms with Crippen molar-refractivity contribution in [3.05, 3.63) is 200 Å². The standard InChI is InChI=1S/C52H33N3O/c1-5-16-34(17-6-1)38-28-29-49-43(30-38)44-32-39(31-42(51(44)56-49)35-18-7-2-8-19-35)55-47-26-14-13-24-41(47)50-40(25-15-27-48(50)55)46-33-45(36-20-9-3-10-21-36)53-52(54-46)37-22-11-4-12-23-37/h1-33H. The second-order valence-electron chi connectivity index (χ2n) is 14.2. The van der Waals surface area contributed by atoms with Gasteiger partial charge in [0, 0.05) is 49.5 Å². The van der Waals surface area contributed by atoms with Crippen molar-refractivity contribution in [2.24, 2.45) is 0 Å². The molecule has 0 fully saturated rings. The molecule has 3 heterocycles. The van der Waals surface area contributed by atoms with E-state index in [2.05, 4.69) is 180 Å². The van der Waals surface area contributed by atoms with Gasteiger partial charge in [-0.25, -0.2) is 9.97 Å². The van der Waals surface area contributed by atoms with Crippen molar-refractivity contribution in [2.75, 3.05) is 0 Å². The zero-order valence-electron chi connectivity index (χ0n) is 30.3. The molecule has 11 aromatic rings. The van der Waals surface area contributed by atoms with Gasteiger partial charge in [0.2, 0.25) is 0 Å². The second-order valence-corrected chi connectivity index (χ2v) is 14.2. The van der Waals surface area contributed by atoms with Crippen LogP contribution in [0.4, 0.5) is 0 Å². The molecule has 8 aromatic carbocycles. The smallest absolute Gasteiger partial charge is 0.160 e. The number of benzene rings is 8. The normalized spacial score (nSPS) is 11.6. The van der Waals surface area contributed by atoms with Crippen molar-refractivity contribution in [3.8, 4) is 61.8 Å². The Morgan fingerprint density at radius 2 is 1.00 bits per heavy atom. The minimum absolute atomic E-state index is 0.697. The first-order valence-corrected chi connectivity index (χ1v) is 18.9. The fraction of sp³-hybridized carbons (Fsp3) is 0. The SMILES string of the molecule is c1ccc(-c2ccc3oc4c(-c5ccccc5)cc(-n5c6ccccc6c6c(-c7cc(-c8ccccc8)nc(-c8ccccc8)n7)cccc65)cc4c3c2)cc1. The summed E-state index contributed by atoms with van der Waals surface area (Å²) >= 11 is 0. The van der Waals surface area contributed by atoms with Crippen molar-refractivity contribution < 1.29 is 4.42 Å². The molecular formula is C52H33N3O. The molecule has 11 rings (SSSR count). The molecule has 0 amide bonds. The van der Waals surface area contributed by atoms with Crippen LogP contribution in [0.15, 0.2) is 205 Å². The first kappa shape index (κ1) is 31.9. The summed E-state index contributed by atoms with van der Waals surface area (Å²) in [5.41, 5.74) is 14.3. The number of rotatable bonds is 6. The Labute approximate surface area is 323 Å². The molecule has 0 aliphatic rings. The molecule has 56 heavy (non-hydrogen) atoms. The number of fused-ring (bicyclic) bond motifs is 6. The van der Waals surface area contributed by atoms with Gasteiger partial charge in [0.25, 0.3) is 0 Å². The molecule has 4 nitrogen and oxygen atoms in total. The van der Waals surface area contributed by atoms with Gasteiger partial charge < -0.3 is 8.98 Å². The predicted octanol–water partition coefficient (Wildman–Crippen LogP) is 13.8. The average Bonchev–Trinajstić information content (AvgIpc) is 3.82. The summed E-state index contributed by atoms with van der Waals surface area (Å²) in [5.74, 6) is 0.697. The average molecular weight is 716 g/mol. The molecule has 0 bridgehead atoms. The molecule has 0 saturated carbocycles. The number of aromatic nitrogens is 3. The van der Waals surface area contributed by atoms with E-state index in [4.69, 9.17) is 14.4 Å². The number of hydrogen-bond donors (Lipinski definition) is 0. The van der Waals surface area contributed by atoms with E-state index in [-0.39, 0.29) is 0 Å². The minimum atomic E-state index is 0.697. The van der Waals surface area contributed by atoms with E-state index in [1.54, 1.807) is 0 Å². The largest absolute Gasteiger partial charge is 0.455 e. The highest BCUT2D eigenvalue weighted by atomic mass is 16.3. The van der Waals surface area contributed by atoms with Gasteiger partial charge in [-0.3, -0.25) is 0 Å². The minimum Gasteiger partial charge on any atom is -0.455 e. The highest BCUT2D eigenvalue weighted by Gasteiger charge is 2.21. The van der Waals surface area contributed by atoms with Crippen LogP contribution in [0.3, 0.4) is 0 Å². The summed E-state index contributed by atoms with van der Waals surface area (Å²) in [6.45, 7) is 0. The Morgan fingerprint density at radius 1 is 0.375 bits per heavy atom. The van der Waals surface area contributed by atoms with Crippen LogP contribution in [0.2, 0.25) is 0 Å². The van der Waals surface area contributed by atoms with E-state index < -0.39 is 0 Å². The summed E-state index contributed by atoms with van der Waals surface area (Å²) in [5, 5.41) is 4.46. The molecule has 0 spiro atoms. The van der Waals surface area contributed by atoms with Gasteiger partial charge >= 0.3 is 0 Å². The second kappa shape index (κ2) is 13.1. The highest BCUT2D eigenvalue weighted by Crippen LogP contribution is 2.43. The zero-order chi connectivity index (χ0) is 37.0. The quantitative estimate of drug-likeness (QED) is 0.172. The van der Waals surface area contributed by atoms with Gasteiger partial charge in [-0.15, -0.1) is 0 Å². The summed E-state index contributed by atoms with van der Waals surface area (Å²) in [4.78, 5) is 10.3. The third-order valence-corrected chi connectivity index (χ3v) is 10.8. The van der Waals surface area contributed by atoms with E-state index in [0.29, 0.717) is 5.82 Å². The summed E-state index contributed by atoms with van der Waals surface area (Å²) in [6, 6.07) is 70.2. The van der Waals surface area contributed by atoms with Crippen molar-refractivity contribution in [2.45, 2.75) is 0 Å². The number of nitrogens with zero attached hydrogens (tertiary/aromatic N) is 3. The zero-order valence-corrected chi connectivity index (χ0v) is 30.3. The molecular weight excluding hydrogens is 683 g/mol. The van der Waals surface area contributed by atoms with Gasteiger partial charge in [0.15, 0.2) is 5.82 Å². The summed E-state index contributed by atoms with van der Waals surface area (Å²) < 4.78 is 9.13. The topological polar surface area (TPSA) is 43.9 Å². The van der Waals surface area contributed by atoms with Crippen molar-refractivity contribution >= 4 is 43.7 Å². The van der Waals surface area contributed by atoms with Crippen LogP contribution in [-0.2, 0) is 0 Å². The molecule has 0 saturated heterocycles. The van der Waals surface area contributed by atoms with Crippen LogP contribution >= 0.6 is 0 Å². The predicted molar refractivity (Wildman–Crippen MR) is 231 cm³/mol. The Balaban J connectivity index is 1.19. The lowest BCUT2D eigenvalue weighted by molar-refractivity contribution is 0.670. The lowest BCUT2D eigenvalue weighted by atomic mass is 9.99. The third-order valence-electron chi connectivity index (χ3n) is 10.8. The monoisotopic (exact) mass is 715 g/mol. The lowest BCUT2D eigenvalue weighted by Gasteiger charge is -2.13. The maximum atomic E-state index is 6.73. The summed E-state index contributed by atoms with van der Waals surface area (Å²) in [6.07, 6.45) is 0. The van der Waals surface area contributed by atoms with Crippen molar-refractivity contribution in [1.29, 1.82) is 0 Å². The fourth-order valence-corrected chi connectivity index (χ4v) is 8.20. The molecule has 0 atom stereocenters. The maximum Gasteiger partial charge on any atom is 0.160 e. The van der Waals surface area contributed by atoms with Crippen LogP contribution < -0.4 is 0 Å². The van der Waals surface area contributed by atoms with Crippen LogP contribution in [0, 0.1) is 0 Å². The maximum absolute atomic E-state index is 6.73. The van der Waals surface area contributed by atoms with Crippen LogP contribution in [0.1, 0.15) is 0 Å². The number of furan rings is 1. The first-order valence-electron chi connectivity index (χ1n) is 18.9. The van der Waals surface area contributed by atoms with Gasteiger partial charge in [0.05, 0.1) is 22.4 Å². The van der Waals surface area contributed by atoms with E-state index in [9.17, 15) is 0 Å². The summed E-state index contributed by atoms with van der Waals surface area (Å²) in [7, 11) is 0. The Kier molecular flexibility index (Phi) is 7.46. The van der Waals surface area contributed by atoms with Crippen molar-refractivity contribution in [3.63, 3.8) is 0 Å². The van der Waals surface area contributed by atoms with Gasteiger partial charge in [-0.1, -0.05) is 158 Å². The fourth-order valence-electron chi connectivity index (χ4n) is 8.20. The number of para-hydroxylation sites is 1. The lowest BCUT2D eigenvalue weighted by Crippen LogP contribution is -1.97.